The Kier molecular flexibility index (Phi) is 4.05. The number of furan rings is 1. The van der Waals surface area contributed by atoms with Crippen LogP contribution in [0.2, 0.25) is 0 Å². The van der Waals surface area contributed by atoms with Crippen molar-refractivity contribution in [2.75, 3.05) is 13.1 Å². The normalized spacial score (nSPS) is 16.3. The summed E-state index contributed by atoms with van der Waals surface area (Å²) in [5.41, 5.74) is 4.07. The van der Waals surface area contributed by atoms with Crippen LogP contribution in [0.25, 0.3) is 22.5 Å². The van der Waals surface area contributed by atoms with E-state index in [-0.39, 0.29) is 0 Å². The molecule has 0 amide bonds. The van der Waals surface area contributed by atoms with Gasteiger partial charge in [-0.05, 0) is 51.1 Å². The molecule has 5 rings (SSSR count). The van der Waals surface area contributed by atoms with Gasteiger partial charge in [-0.15, -0.1) is 0 Å². The number of rotatable bonds is 4. The number of para-hydroxylation sites is 2. The minimum absolute atomic E-state index is 0.494. The van der Waals surface area contributed by atoms with E-state index in [1.807, 2.05) is 25.1 Å². The van der Waals surface area contributed by atoms with E-state index < -0.39 is 0 Å². The maximum absolute atomic E-state index is 5.81. The highest BCUT2D eigenvalue weighted by Gasteiger charge is 2.24. The van der Waals surface area contributed by atoms with Crippen LogP contribution in [0, 0.1) is 6.92 Å². The Hall–Kier alpha value is -2.86. The van der Waals surface area contributed by atoms with Crippen LogP contribution < -0.4 is 0 Å². The molecule has 0 saturated carbocycles. The number of aryl methyl sites for hydroxylation is 1. The molecular formula is C21H22N4O2. The van der Waals surface area contributed by atoms with Crippen molar-refractivity contribution in [2.45, 2.75) is 32.2 Å². The molecule has 27 heavy (non-hydrogen) atoms. The van der Waals surface area contributed by atoms with Crippen LogP contribution in [-0.2, 0) is 6.54 Å². The van der Waals surface area contributed by atoms with Crippen molar-refractivity contribution < 1.29 is 8.83 Å². The van der Waals surface area contributed by atoms with Crippen LogP contribution in [0.1, 0.15) is 36.0 Å². The van der Waals surface area contributed by atoms with E-state index in [1.54, 1.807) is 12.5 Å². The fourth-order valence-corrected chi connectivity index (χ4v) is 3.83. The van der Waals surface area contributed by atoms with Gasteiger partial charge in [0, 0.05) is 12.5 Å². The first-order chi connectivity index (χ1) is 13.3. The van der Waals surface area contributed by atoms with Crippen LogP contribution in [0.4, 0.5) is 0 Å². The first-order valence-corrected chi connectivity index (χ1v) is 9.42. The van der Waals surface area contributed by atoms with E-state index in [1.165, 1.54) is 0 Å². The van der Waals surface area contributed by atoms with Gasteiger partial charge in [0.2, 0.25) is 5.89 Å². The lowest BCUT2D eigenvalue weighted by Crippen LogP contribution is -2.33. The highest BCUT2D eigenvalue weighted by molar-refractivity contribution is 5.74. The van der Waals surface area contributed by atoms with Gasteiger partial charge >= 0.3 is 0 Å². The van der Waals surface area contributed by atoms with Gasteiger partial charge in [0.15, 0.2) is 0 Å². The second kappa shape index (κ2) is 6.70. The number of H-pyrrole nitrogens is 1. The number of aromatic nitrogens is 3. The average Bonchev–Trinajstić information content (AvgIpc) is 3.42. The van der Waals surface area contributed by atoms with Crippen LogP contribution in [-0.4, -0.2) is 32.9 Å². The molecule has 1 aromatic carbocycles. The summed E-state index contributed by atoms with van der Waals surface area (Å²) in [6, 6.07) is 10.1. The Balaban J connectivity index is 1.24. The topological polar surface area (TPSA) is 71.1 Å². The largest absolute Gasteiger partial charge is 0.472 e. The lowest BCUT2D eigenvalue weighted by molar-refractivity contribution is 0.199. The van der Waals surface area contributed by atoms with Crippen molar-refractivity contribution in [2.24, 2.45) is 0 Å². The van der Waals surface area contributed by atoms with Crippen molar-refractivity contribution in [1.29, 1.82) is 0 Å². The fourth-order valence-electron chi connectivity index (χ4n) is 3.83. The molecule has 138 valence electrons. The van der Waals surface area contributed by atoms with E-state index in [2.05, 4.69) is 27.0 Å². The third kappa shape index (κ3) is 3.17. The zero-order valence-electron chi connectivity index (χ0n) is 15.3. The Bertz CT molecular complexity index is 1010. The first kappa shape index (κ1) is 16.3. The number of piperidine rings is 1. The molecule has 0 radical (unpaired) electrons. The summed E-state index contributed by atoms with van der Waals surface area (Å²) in [6.45, 7) is 4.87. The highest BCUT2D eigenvalue weighted by Crippen LogP contribution is 2.29. The third-order valence-corrected chi connectivity index (χ3v) is 5.42. The van der Waals surface area contributed by atoms with Crippen molar-refractivity contribution in [1.82, 2.24) is 19.9 Å². The number of imidazole rings is 1. The summed E-state index contributed by atoms with van der Waals surface area (Å²) in [7, 11) is 0. The molecule has 1 fully saturated rings. The minimum atomic E-state index is 0.494. The Labute approximate surface area is 157 Å². The van der Waals surface area contributed by atoms with Gasteiger partial charge in [-0.25, -0.2) is 9.97 Å². The SMILES string of the molecule is Cc1oc(-c2ccoc2)nc1CN1CCC(c2nc3ccccc3[nH]2)CC1. The van der Waals surface area contributed by atoms with E-state index >= 15 is 0 Å². The Morgan fingerprint density at radius 1 is 1.15 bits per heavy atom. The van der Waals surface area contributed by atoms with Crippen LogP contribution in [0.5, 0.6) is 0 Å². The molecule has 0 unspecified atom stereocenters. The molecule has 3 aromatic heterocycles. The number of fused-ring (bicyclic) bond motifs is 1. The van der Waals surface area contributed by atoms with Crippen LogP contribution in [0.15, 0.2) is 51.7 Å². The number of nitrogens with zero attached hydrogens (tertiary/aromatic N) is 3. The minimum Gasteiger partial charge on any atom is -0.472 e. The lowest BCUT2D eigenvalue weighted by atomic mass is 9.96. The monoisotopic (exact) mass is 362 g/mol. The van der Waals surface area contributed by atoms with Crippen molar-refractivity contribution in [3.05, 3.63) is 60.1 Å². The van der Waals surface area contributed by atoms with Crippen molar-refractivity contribution in [3.63, 3.8) is 0 Å². The van der Waals surface area contributed by atoms with Gasteiger partial charge in [0.05, 0.1) is 28.6 Å². The van der Waals surface area contributed by atoms with Gasteiger partial charge in [-0.3, -0.25) is 4.90 Å². The number of nitrogens with one attached hydrogen (secondary N) is 1. The van der Waals surface area contributed by atoms with E-state index in [9.17, 15) is 0 Å². The molecule has 1 saturated heterocycles. The van der Waals surface area contributed by atoms with Crippen LogP contribution >= 0.6 is 0 Å². The predicted octanol–water partition coefficient (Wildman–Crippen LogP) is 4.50. The molecule has 0 spiro atoms. The predicted molar refractivity (Wildman–Crippen MR) is 102 cm³/mol. The summed E-state index contributed by atoms with van der Waals surface area (Å²) in [5.74, 6) is 3.13. The number of likely N-dealkylation sites (tertiary alicyclic amines) is 1. The molecule has 4 aromatic rings. The zero-order valence-corrected chi connectivity index (χ0v) is 15.3. The Morgan fingerprint density at radius 2 is 2.00 bits per heavy atom. The molecular weight excluding hydrogens is 340 g/mol. The summed E-state index contributed by atoms with van der Waals surface area (Å²) in [5, 5.41) is 0. The molecule has 0 bridgehead atoms. The zero-order chi connectivity index (χ0) is 18.2. The average molecular weight is 362 g/mol. The second-order valence-corrected chi connectivity index (χ2v) is 7.22. The van der Waals surface area contributed by atoms with E-state index in [4.69, 9.17) is 13.8 Å². The molecule has 1 N–H and O–H groups in total. The van der Waals surface area contributed by atoms with Gasteiger partial charge < -0.3 is 13.8 Å². The molecule has 0 atom stereocenters. The molecule has 1 aliphatic heterocycles. The highest BCUT2D eigenvalue weighted by atomic mass is 16.4. The van der Waals surface area contributed by atoms with Crippen molar-refractivity contribution in [3.8, 4) is 11.5 Å². The molecule has 1 aliphatic rings. The van der Waals surface area contributed by atoms with Gasteiger partial charge in [0.25, 0.3) is 0 Å². The smallest absolute Gasteiger partial charge is 0.229 e. The van der Waals surface area contributed by atoms with E-state index in [0.717, 1.165) is 66.4 Å². The fraction of sp³-hybridized carbons (Fsp3) is 0.333. The summed E-state index contributed by atoms with van der Waals surface area (Å²) < 4.78 is 10.9. The molecule has 0 aliphatic carbocycles. The summed E-state index contributed by atoms with van der Waals surface area (Å²) >= 11 is 0. The van der Waals surface area contributed by atoms with E-state index in [0.29, 0.717) is 11.8 Å². The summed E-state index contributed by atoms with van der Waals surface area (Å²) in [4.78, 5) is 15.4. The lowest BCUT2D eigenvalue weighted by Gasteiger charge is -2.30. The third-order valence-electron chi connectivity index (χ3n) is 5.42. The van der Waals surface area contributed by atoms with Gasteiger partial charge in [-0.2, -0.15) is 0 Å². The number of hydrogen-bond acceptors (Lipinski definition) is 5. The number of hydrogen-bond donors (Lipinski definition) is 1. The quantitative estimate of drug-likeness (QED) is 0.579. The molecule has 4 heterocycles. The summed E-state index contributed by atoms with van der Waals surface area (Å²) in [6.07, 6.45) is 5.50. The van der Waals surface area contributed by atoms with Gasteiger partial charge in [-0.1, -0.05) is 12.1 Å². The maximum atomic E-state index is 5.81. The number of oxazole rings is 1. The molecule has 6 nitrogen and oxygen atoms in total. The Morgan fingerprint density at radius 3 is 2.78 bits per heavy atom. The molecule has 6 heteroatoms. The van der Waals surface area contributed by atoms with Gasteiger partial charge in [0.1, 0.15) is 17.8 Å². The number of aromatic amines is 1. The van der Waals surface area contributed by atoms with Crippen LogP contribution in [0.3, 0.4) is 0 Å². The maximum Gasteiger partial charge on any atom is 0.229 e. The standard InChI is InChI=1S/C21H22N4O2/c1-14-19(24-21(27-14)16-8-11-26-13-16)12-25-9-6-15(7-10-25)20-22-17-4-2-3-5-18(17)23-20/h2-5,8,11,13,15H,6-7,9-10,12H2,1H3,(H,22,23). The number of benzene rings is 1. The first-order valence-electron chi connectivity index (χ1n) is 9.42. The van der Waals surface area contributed by atoms with Crippen molar-refractivity contribution >= 4 is 11.0 Å². The second-order valence-electron chi connectivity index (χ2n) is 7.22.